The van der Waals surface area contributed by atoms with E-state index < -0.39 is 20.8 Å². The van der Waals surface area contributed by atoms with E-state index in [0.717, 1.165) is 12.1 Å². The van der Waals surface area contributed by atoms with Crippen molar-refractivity contribution in [2.45, 2.75) is 4.90 Å². The van der Waals surface area contributed by atoms with Crippen LogP contribution in [0.5, 0.6) is 5.75 Å². The molecule has 0 aliphatic carbocycles. The van der Waals surface area contributed by atoms with Gasteiger partial charge in [0.25, 0.3) is 10.1 Å². The van der Waals surface area contributed by atoms with Crippen molar-refractivity contribution in [3.8, 4) is 5.75 Å². The van der Waals surface area contributed by atoms with Gasteiger partial charge in [-0.2, -0.15) is 8.42 Å². The predicted octanol–water partition coefficient (Wildman–Crippen LogP) is 1.30. The van der Waals surface area contributed by atoms with E-state index in [0.29, 0.717) is 0 Å². The van der Waals surface area contributed by atoms with Gasteiger partial charge in [-0.3, -0.25) is 4.55 Å². The molecule has 0 amide bonds. The molecule has 0 saturated carbocycles. The number of phenolic OH excluding ortho intramolecular Hbond substituents is 1. The number of hydrogen-bond acceptors (Lipinski definition) is 3. The summed E-state index contributed by atoms with van der Waals surface area (Å²) in [7, 11) is -4.47. The third-order valence-electron chi connectivity index (χ3n) is 1.31. The molecule has 0 aliphatic rings. The van der Waals surface area contributed by atoms with Crippen molar-refractivity contribution >= 4 is 62.9 Å². The first kappa shape index (κ1) is 14.5. The van der Waals surface area contributed by atoms with Crippen molar-refractivity contribution in [1.82, 2.24) is 0 Å². The van der Waals surface area contributed by atoms with Crippen molar-refractivity contribution in [3.05, 3.63) is 22.2 Å². The number of hydrogen-bond donors (Lipinski definition) is 2. The predicted molar refractivity (Wildman–Crippen MR) is 55.1 cm³/mol. The van der Waals surface area contributed by atoms with E-state index in [-0.39, 0.29) is 39.6 Å². The molecule has 0 heterocycles. The maximum atomic E-state index is 10.6. The van der Waals surface area contributed by atoms with Crippen LogP contribution in [0.2, 0.25) is 10.0 Å². The molecule has 14 heavy (non-hydrogen) atoms. The summed E-state index contributed by atoms with van der Waals surface area (Å²) >= 11 is 10.9. The van der Waals surface area contributed by atoms with Gasteiger partial charge in [0, 0.05) is 0 Å². The molecule has 1 aromatic carbocycles. The number of rotatable bonds is 1. The fourth-order valence-corrected chi connectivity index (χ4v) is 1.69. The zero-order valence-corrected chi connectivity index (χ0v) is 8.36. The van der Waals surface area contributed by atoms with Crippen molar-refractivity contribution in [2.24, 2.45) is 0 Å². The van der Waals surface area contributed by atoms with Crippen LogP contribution in [0.1, 0.15) is 0 Å². The molecule has 1 rings (SSSR count). The molecule has 2 N–H and O–H groups in total. The van der Waals surface area contributed by atoms with Gasteiger partial charge in [0.1, 0.15) is 9.92 Å². The topological polar surface area (TPSA) is 74.6 Å². The summed E-state index contributed by atoms with van der Waals surface area (Å²) in [6, 6.07) is 2.12. The molecule has 0 unspecified atom stereocenters. The summed E-state index contributed by atoms with van der Waals surface area (Å²) in [6.07, 6.45) is 0. The summed E-state index contributed by atoms with van der Waals surface area (Å²) in [5.74, 6) is -0.753. The van der Waals surface area contributed by atoms with Crippen molar-refractivity contribution in [1.29, 1.82) is 0 Å². The van der Waals surface area contributed by atoms with Gasteiger partial charge in [0.05, 0.1) is 5.02 Å². The summed E-state index contributed by atoms with van der Waals surface area (Å²) in [5.41, 5.74) is 0. The van der Waals surface area contributed by atoms with Crippen LogP contribution in [-0.4, -0.2) is 47.6 Å². The van der Waals surface area contributed by atoms with Crippen LogP contribution in [0.4, 0.5) is 0 Å². The number of aromatic hydroxyl groups is 1. The van der Waals surface area contributed by atoms with Gasteiger partial charge in [-0.25, -0.2) is 0 Å². The summed E-state index contributed by atoms with van der Waals surface area (Å²) in [6.45, 7) is 0. The van der Waals surface area contributed by atoms with Crippen LogP contribution in [0.15, 0.2) is 17.0 Å². The second-order valence-electron chi connectivity index (χ2n) is 2.18. The fourth-order valence-electron chi connectivity index (χ4n) is 0.730. The molecule has 0 spiro atoms. The minimum atomic E-state index is -4.47. The first-order chi connectivity index (χ1) is 5.84. The van der Waals surface area contributed by atoms with Crippen molar-refractivity contribution in [2.75, 3.05) is 0 Å². The molecular formula is C6H5Cl2NaO4S. The fraction of sp³-hybridized carbons (Fsp3) is 0. The number of phenols is 1. The van der Waals surface area contributed by atoms with Crippen LogP contribution in [0.25, 0.3) is 0 Å². The van der Waals surface area contributed by atoms with Crippen LogP contribution in [0, 0.1) is 0 Å². The van der Waals surface area contributed by atoms with E-state index in [1.54, 1.807) is 0 Å². The van der Waals surface area contributed by atoms with E-state index in [4.69, 9.17) is 32.9 Å². The quantitative estimate of drug-likeness (QED) is 0.594. The second kappa shape index (κ2) is 5.03. The Bertz CT molecular complexity index is 445. The van der Waals surface area contributed by atoms with Crippen LogP contribution >= 0.6 is 23.2 Å². The SMILES string of the molecule is O=S(=O)(O)c1ccc(Cl)c(Cl)c1O.[NaH]. The monoisotopic (exact) mass is 266 g/mol. The molecule has 0 bridgehead atoms. The number of halogens is 2. The van der Waals surface area contributed by atoms with Gasteiger partial charge in [0.2, 0.25) is 0 Å². The zero-order valence-electron chi connectivity index (χ0n) is 6.03. The second-order valence-corrected chi connectivity index (χ2v) is 4.36. The van der Waals surface area contributed by atoms with Gasteiger partial charge in [-0.05, 0) is 12.1 Å². The normalized spacial score (nSPS) is 10.8. The first-order valence-corrected chi connectivity index (χ1v) is 5.18. The summed E-state index contributed by atoms with van der Waals surface area (Å²) in [5, 5.41) is 8.86. The Kier molecular flexibility index (Phi) is 5.21. The molecule has 0 radical (unpaired) electrons. The van der Waals surface area contributed by atoms with E-state index in [2.05, 4.69) is 0 Å². The van der Waals surface area contributed by atoms with Gasteiger partial charge < -0.3 is 5.11 Å². The third-order valence-corrected chi connectivity index (χ3v) is 2.99. The average molecular weight is 267 g/mol. The Hall–Kier alpha value is 0.510. The van der Waals surface area contributed by atoms with Crippen molar-refractivity contribution in [3.63, 3.8) is 0 Å². The Balaban J connectivity index is 0.00000169. The van der Waals surface area contributed by atoms with E-state index in [1.807, 2.05) is 0 Å². The minimum absolute atomic E-state index is 0. The Morgan fingerprint density at radius 2 is 1.71 bits per heavy atom. The van der Waals surface area contributed by atoms with Crippen LogP contribution in [0.3, 0.4) is 0 Å². The van der Waals surface area contributed by atoms with E-state index >= 15 is 0 Å². The molecule has 0 fully saturated rings. The van der Waals surface area contributed by atoms with Crippen LogP contribution < -0.4 is 0 Å². The first-order valence-electron chi connectivity index (χ1n) is 2.98. The Labute approximate surface area is 113 Å². The standard InChI is InChI=1S/C6H4Cl2O4S.Na.H/c7-3-1-2-4(13(10,11)12)6(9)5(3)8;;/h1-2,9H,(H,10,11,12);;. The molecule has 1 aromatic rings. The van der Waals surface area contributed by atoms with Gasteiger partial charge >= 0.3 is 29.6 Å². The van der Waals surface area contributed by atoms with E-state index in [9.17, 15) is 8.42 Å². The molecule has 74 valence electrons. The molecule has 0 saturated heterocycles. The molecule has 4 nitrogen and oxygen atoms in total. The Morgan fingerprint density at radius 3 is 2.14 bits per heavy atom. The summed E-state index contributed by atoms with van der Waals surface area (Å²) < 4.78 is 29.8. The summed E-state index contributed by atoms with van der Waals surface area (Å²) in [4.78, 5) is -0.665. The molecule has 8 heteroatoms. The van der Waals surface area contributed by atoms with Crippen molar-refractivity contribution < 1.29 is 18.1 Å². The average Bonchev–Trinajstić information content (AvgIpc) is 1.98. The number of benzene rings is 1. The zero-order chi connectivity index (χ0) is 10.2. The molecule has 0 aromatic heterocycles. The Morgan fingerprint density at radius 1 is 1.21 bits per heavy atom. The van der Waals surface area contributed by atoms with E-state index in [1.165, 1.54) is 0 Å². The molecule has 0 atom stereocenters. The molecular weight excluding hydrogens is 262 g/mol. The molecule has 0 aliphatic heterocycles. The third kappa shape index (κ3) is 3.00. The van der Waals surface area contributed by atoms with Crippen LogP contribution in [-0.2, 0) is 10.1 Å². The maximum absolute atomic E-state index is 10.6. The van der Waals surface area contributed by atoms with Gasteiger partial charge in [-0.1, -0.05) is 23.2 Å². The van der Waals surface area contributed by atoms with Gasteiger partial charge in [0.15, 0.2) is 5.75 Å². The van der Waals surface area contributed by atoms with Gasteiger partial charge in [-0.15, -0.1) is 0 Å².